The number of rotatable bonds is 0. The van der Waals surface area contributed by atoms with Crippen LogP contribution in [0.3, 0.4) is 0 Å². The second kappa shape index (κ2) is 2.81. The third-order valence-corrected chi connectivity index (χ3v) is 2.59. The summed E-state index contributed by atoms with van der Waals surface area (Å²) in [5.74, 6) is 0. The summed E-state index contributed by atoms with van der Waals surface area (Å²) in [7, 11) is 0. The Morgan fingerprint density at radius 2 is 2.00 bits per heavy atom. The first-order chi connectivity index (χ1) is 5.38. The molecule has 0 aliphatic heterocycles. The Balaban J connectivity index is 2.91. The van der Waals surface area contributed by atoms with Gasteiger partial charge in [-0.25, -0.2) is 0 Å². The monoisotopic (exact) mass is 253 g/mol. The summed E-state index contributed by atoms with van der Waals surface area (Å²) in [5, 5.41) is 2.48. The summed E-state index contributed by atoms with van der Waals surface area (Å²) in [6.07, 6.45) is 0. The maximum Gasteiger partial charge on any atom is 0.0209 e. The van der Waals surface area contributed by atoms with Crippen molar-refractivity contribution in [2.45, 2.75) is 0 Å². The lowest BCUT2D eigenvalue weighted by molar-refractivity contribution is 1.70. The quantitative estimate of drug-likeness (QED) is 0.632. The van der Waals surface area contributed by atoms with Crippen molar-refractivity contribution in [1.29, 1.82) is 0 Å². The zero-order valence-corrected chi connectivity index (χ0v) is 8.00. The molecule has 0 unspecified atom stereocenters. The van der Waals surface area contributed by atoms with Crippen molar-refractivity contribution in [3.8, 4) is 0 Å². The van der Waals surface area contributed by atoms with E-state index in [2.05, 4.69) is 52.9 Å². The SMILES string of the molecule is Ic1cccc2[c]cccc12. The molecule has 0 saturated carbocycles. The first-order valence-electron chi connectivity index (χ1n) is 3.43. The topological polar surface area (TPSA) is 0 Å². The van der Waals surface area contributed by atoms with E-state index in [1.807, 2.05) is 12.1 Å². The van der Waals surface area contributed by atoms with Crippen LogP contribution in [0.4, 0.5) is 0 Å². The largest absolute Gasteiger partial charge is 0.0610 e. The molecule has 53 valence electrons. The normalized spacial score (nSPS) is 10.3. The lowest BCUT2D eigenvalue weighted by atomic mass is 10.1. The summed E-state index contributed by atoms with van der Waals surface area (Å²) in [6, 6.07) is 15.5. The summed E-state index contributed by atoms with van der Waals surface area (Å²) in [6.45, 7) is 0. The van der Waals surface area contributed by atoms with Gasteiger partial charge in [0.15, 0.2) is 0 Å². The minimum absolute atomic E-state index is 1.19. The van der Waals surface area contributed by atoms with Crippen molar-refractivity contribution >= 4 is 33.4 Å². The minimum Gasteiger partial charge on any atom is -0.0610 e. The maximum atomic E-state index is 3.19. The maximum absolute atomic E-state index is 3.19. The van der Waals surface area contributed by atoms with Crippen LogP contribution in [-0.2, 0) is 0 Å². The van der Waals surface area contributed by atoms with Gasteiger partial charge in [0.1, 0.15) is 0 Å². The molecule has 0 N–H and O–H groups in total. The lowest BCUT2D eigenvalue weighted by Gasteiger charge is -1.97. The van der Waals surface area contributed by atoms with Gasteiger partial charge in [-0.05, 0) is 45.5 Å². The molecule has 2 aromatic rings. The van der Waals surface area contributed by atoms with E-state index in [-0.39, 0.29) is 0 Å². The predicted octanol–water partition coefficient (Wildman–Crippen LogP) is 3.24. The number of halogens is 1. The molecule has 0 aliphatic rings. The fraction of sp³-hybridized carbons (Fsp3) is 0. The predicted molar refractivity (Wildman–Crippen MR) is 55.5 cm³/mol. The molecule has 0 fully saturated rings. The van der Waals surface area contributed by atoms with Crippen LogP contribution in [0.15, 0.2) is 36.4 Å². The molecule has 2 aromatic carbocycles. The molecule has 1 heteroatoms. The fourth-order valence-corrected chi connectivity index (χ4v) is 1.79. The van der Waals surface area contributed by atoms with Crippen LogP contribution in [0, 0.1) is 9.64 Å². The average molecular weight is 253 g/mol. The molecule has 0 atom stereocenters. The van der Waals surface area contributed by atoms with E-state index in [4.69, 9.17) is 0 Å². The summed E-state index contributed by atoms with van der Waals surface area (Å²) >= 11 is 2.34. The third-order valence-electron chi connectivity index (χ3n) is 1.65. The fourth-order valence-electron chi connectivity index (χ4n) is 1.11. The summed E-state index contributed by atoms with van der Waals surface area (Å²) in [5.41, 5.74) is 0. The Bertz CT molecular complexity index is 374. The van der Waals surface area contributed by atoms with Gasteiger partial charge in [0, 0.05) is 3.57 Å². The van der Waals surface area contributed by atoms with Crippen molar-refractivity contribution in [2.75, 3.05) is 0 Å². The molecule has 0 nitrogen and oxygen atoms in total. The molecule has 0 bridgehead atoms. The van der Waals surface area contributed by atoms with Crippen molar-refractivity contribution in [2.24, 2.45) is 0 Å². The molecule has 0 spiro atoms. The van der Waals surface area contributed by atoms with E-state index >= 15 is 0 Å². The van der Waals surface area contributed by atoms with E-state index in [0.29, 0.717) is 0 Å². The van der Waals surface area contributed by atoms with Crippen molar-refractivity contribution in [3.05, 3.63) is 46.0 Å². The Labute approximate surface area is 79.4 Å². The number of hydrogen-bond acceptors (Lipinski definition) is 0. The van der Waals surface area contributed by atoms with Crippen LogP contribution in [0.1, 0.15) is 0 Å². The zero-order chi connectivity index (χ0) is 7.68. The van der Waals surface area contributed by atoms with E-state index in [1.165, 1.54) is 14.3 Å². The number of fused-ring (bicyclic) bond motifs is 1. The van der Waals surface area contributed by atoms with Crippen LogP contribution in [0.2, 0.25) is 0 Å². The molecule has 2 rings (SSSR count). The molecule has 0 amide bonds. The van der Waals surface area contributed by atoms with Gasteiger partial charge in [0.2, 0.25) is 0 Å². The summed E-state index contributed by atoms with van der Waals surface area (Å²) < 4.78 is 1.29. The van der Waals surface area contributed by atoms with Crippen LogP contribution >= 0.6 is 22.6 Å². The first-order valence-corrected chi connectivity index (χ1v) is 4.51. The molecular formula is C10H6I. The lowest BCUT2D eigenvalue weighted by Crippen LogP contribution is -1.75. The average Bonchev–Trinajstić information content (AvgIpc) is 2.06. The van der Waals surface area contributed by atoms with Crippen LogP contribution in [-0.4, -0.2) is 0 Å². The van der Waals surface area contributed by atoms with E-state index < -0.39 is 0 Å². The molecule has 11 heavy (non-hydrogen) atoms. The Morgan fingerprint density at radius 1 is 1.09 bits per heavy atom. The van der Waals surface area contributed by atoms with Gasteiger partial charge in [-0.3, -0.25) is 0 Å². The molecule has 0 saturated heterocycles. The first kappa shape index (κ1) is 7.10. The summed E-state index contributed by atoms with van der Waals surface area (Å²) in [4.78, 5) is 0. The van der Waals surface area contributed by atoms with Gasteiger partial charge in [-0.15, -0.1) is 0 Å². The van der Waals surface area contributed by atoms with Gasteiger partial charge in [-0.1, -0.05) is 30.3 Å². The molecular weight excluding hydrogens is 247 g/mol. The smallest absolute Gasteiger partial charge is 0.0209 e. The van der Waals surface area contributed by atoms with Crippen LogP contribution in [0.5, 0.6) is 0 Å². The minimum atomic E-state index is 1.19. The standard InChI is InChI=1S/C10H6I/c11-10-7-3-5-8-4-1-2-6-9(8)10/h1-3,5-7H. The zero-order valence-electron chi connectivity index (χ0n) is 5.84. The third kappa shape index (κ3) is 1.25. The molecule has 1 radical (unpaired) electrons. The Hall–Kier alpha value is -0.570. The van der Waals surface area contributed by atoms with Crippen molar-refractivity contribution in [1.82, 2.24) is 0 Å². The molecule has 0 heterocycles. The van der Waals surface area contributed by atoms with Gasteiger partial charge in [0.05, 0.1) is 0 Å². The highest BCUT2D eigenvalue weighted by molar-refractivity contribution is 14.1. The van der Waals surface area contributed by atoms with Crippen molar-refractivity contribution < 1.29 is 0 Å². The highest BCUT2D eigenvalue weighted by Gasteiger charge is 1.93. The van der Waals surface area contributed by atoms with Crippen LogP contribution in [0.25, 0.3) is 10.8 Å². The highest BCUT2D eigenvalue weighted by atomic mass is 127. The van der Waals surface area contributed by atoms with Gasteiger partial charge >= 0.3 is 0 Å². The van der Waals surface area contributed by atoms with Crippen molar-refractivity contribution in [3.63, 3.8) is 0 Å². The molecule has 0 aliphatic carbocycles. The van der Waals surface area contributed by atoms with Gasteiger partial charge in [-0.2, -0.15) is 0 Å². The second-order valence-corrected chi connectivity index (χ2v) is 3.53. The van der Waals surface area contributed by atoms with E-state index in [0.717, 1.165) is 0 Å². The highest BCUT2D eigenvalue weighted by Crippen LogP contribution is 2.18. The second-order valence-electron chi connectivity index (χ2n) is 2.37. The van der Waals surface area contributed by atoms with Gasteiger partial charge in [0.25, 0.3) is 0 Å². The Morgan fingerprint density at radius 3 is 2.82 bits per heavy atom. The Kier molecular flexibility index (Phi) is 1.82. The van der Waals surface area contributed by atoms with E-state index in [1.54, 1.807) is 0 Å². The number of benzene rings is 2. The van der Waals surface area contributed by atoms with Gasteiger partial charge < -0.3 is 0 Å². The molecule has 0 aromatic heterocycles. The van der Waals surface area contributed by atoms with Crippen LogP contribution < -0.4 is 0 Å². The van der Waals surface area contributed by atoms with E-state index in [9.17, 15) is 0 Å². The number of hydrogen-bond donors (Lipinski definition) is 0.